The summed E-state index contributed by atoms with van der Waals surface area (Å²) in [6.07, 6.45) is -0.505. The number of carbonyl (C=O) groups excluding carboxylic acids is 1. The second-order valence-electron chi connectivity index (χ2n) is 4.16. The third-order valence-electron chi connectivity index (χ3n) is 2.83. The molecule has 1 aliphatic heterocycles. The number of benzene rings is 1. The molecule has 2 rings (SSSR count). The van der Waals surface area contributed by atoms with Crippen LogP contribution >= 0.6 is 15.9 Å². The lowest BCUT2D eigenvalue weighted by Gasteiger charge is -2.30. The first kappa shape index (κ1) is 12.9. The van der Waals surface area contributed by atoms with E-state index in [9.17, 15) is 9.59 Å². The van der Waals surface area contributed by atoms with Crippen LogP contribution in [-0.4, -0.2) is 30.3 Å². The third kappa shape index (κ3) is 2.48. The molecular formula is C12H12BrNO4. The third-order valence-corrected chi connectivity index (χ3v) is 3.72. The molecule has 0 saturated carbocycles. The minimum atomic E-state index is -0.957. The Kier molecular flexibility index (Phi) is 3.56. The van der Waals surface area contributed by atoms with Gasteiger partial charge in [-0.2, -0.15) is 0 Å². The lowest BCUT2D eigenvalue weighted by molar-refractivity contribution is -0.143. The van der Waals surface area contributed by atoms with E-state index in [4.69, 9.17) is 9.84 Å². The van der Waals surface area contributed by atoms with Crippen LogP contribution in [0.2, 0.25) is 0 Å². The zero-order valence-corrected chi connectivity index (χ0v) is 11.3. The Hall–Kier alpha value is -1.56. The Morgan fingerprint density at radius 1 is 1.56 bits per heavy atom. The van der Waals surface area contributed by atoms with Crippen LogP contribution in [0.4, 0.5) is 10.5 Å². The van der Waals surface area contributed by atoms with Crippen molar-refractivity contribution in [2.45, 2.75) is 6.92 Å². The monoisotopic (exact) mass is 313 g/mol. The maximum atomic E-state index is 11.7. The maximum absolute atomic E-state index is 11.7. The Labute approximate surface area is 112 Å². The number of anilines is 1. The fraction of sp³-hybridized carbons (Fsp3) is 0.333. The Morgan fingerprint density at radius 2 is 2.28 bits per heavy atom. The molecule has 1 fully saturated rings. The Bertz CT molecular complexity index is 503. The van der Waals surface area contributed by atoms with Crippen LogP contribution in [-0.2, 0) is 9.53 Å². The topological polar surface area (TPSA) is 66.8 Å². The summed E-state index contributed by atoms with van der Waals surface area (Å²) in [6, 6.07) is 5.39. The summed E-state index contributed by atoms with van der Waals surface area (Å²) in [7, 11) is 0. The van der Waals surface area contributed by atoms with Crippen LogP contribution < -0.4 is 4.90 Å². The van der Waals surface area contributed by atoms with Crippen LogP contribution in [0.25, 0.3) is 0 Å². The smallest absolute Gasteiger partial charge is 0.414 e. The van der Waals surface area contributed by atoms with Gasteiger partial charge in [-0.15, -0.1) is 0 Å². The molecule has 1 aliphatic rings. The number of carbonyl (C=O) groups is 2. The Balaban J connectivity index is 2.26. The number of carboxylic acids is 1. The van der Waals surface area contributed by atoms with Crippen molar-refractivity contribution in [3.63, 3.8) is 0 Å². The van der Waals surface area contributed by atoms with Crippen molar-refractivity contribution in [3.8, 4) is 0 Å². The molecule has 0 spiro atoms. The first-order chi connectivity index (χ1) is 8.49. The molecule has 18 heavy (non-hydrogen) atoms. The average molecular weight is 314 g/mol. The molecule has 1 aromatic rings. The number of cyclic esters (lactones) is 1. The number of aliphatic carboxylic acids is 1. The number of hydrogen-bond donors (Lipinski definition) is 1. The molecule has 1 aromatic carbocycles. The van der Waals surface area contributed by atoms with E-state index < -0.39 is 18.0 Å². The average Bonchev–Trinajstić information content (AvgIpc) is 2.33. The lowest BCUT2D eigenvalue weighted by atomic mass is 10.1. The lowest BCUT2D eigenvalue weighted by Crippen LogP contribution is -2.45. The van der Waals surface area contributed by atoms with Crippen molar-refractivity contribution in [1.29, 1.82) is 0 Å². The zero-order valence-electron chi connectivity index (χ0n) is 9.72. The number of halogens is 1. The molecule has 1 amide bonds. The summed E-state index contributed by atoms with van der Waals surface area (Å²) in [5, 5.41) is 8.96. The molecule has 1 unspecified atom stereocenters. The molecule has 5 nitrogen and oxygen atoms in total. The SMILES string of the molecule is Cc1cc(N2CC(C(=O)O)COC2=O)ccc1Br. The standard InChI is InChI=1S/C12H12BrNO4/c1-7-4-9(2-3-10(7)13)14-5-8(11(15)16)6-18-12(14)17/h2-4,8H,5-6H2,1H3,(H,15,16). The summed E-state index contributed by atoms with van der Waals surface area (Å²) < 4.78 is 5.82. The summed E-state index contributed by atoms with van der Waals surface area (Å²) in [4.78, 5) is 23.9. The van der Waals surface area contributed by atoms with E-state index in [-0.39, 0.29) is 13.2 Å². The van der Waals surface area contributed by atoms with Gasteiger partial charge in [0.1, 0.15) is 12.5 Å². The summed E-state index contributed by atoms with van der Waals surface area (Å²) >= 11 is 3.37. The first-order valence-corrected chi connectivity index (χ1v) is 6.21. The van der Waals surface area contributed by atoms with E-state index in [1.165, 1.54) is 4.90 Å². The van der Waals surface area contributed by atoms with E-state index in [0.717, 1.165) is 10.0 Å². The van der Waals surface area contributed by atoms with E-state index >= 15 is 0 Å². The molecule has 1 heterocycles. The van der Waals surface area contributed by atoms with Crippen molar-refractivity contribution >= 4 is 33.7 Å². The van der Waals surface area contributed by atoms with Crippen molar-refractivity contribution in [2.24, 2.45) is 5.92 Å². The van der Waals surface area contributed by atoms with Gasteiger partial charge in [0.15, 0.2) is 0 Å². The quantitative estimate of drug-likeness (QED) is 0.910. The zero-order chi connectivity index (χ0) is 13.3. The van der Waals surface area contributed by atoms with Gasteiger partial charge in [0.05, 0.1) is 0 Å². The van der Waals surface area contributed by atoms with Crippen LogP contribution in [0.15, 0.2) is 22.7 Å². The van der Waals surface area contributed by atoms with Crippen LogP contribution in [0.1, 0.15) is 5.56 Å². The highest BCUT2D eigenvalue weighted by atomic mass is 79.9. The number of hydrogen-bond acceptors (Lipinski definition) is 3. The van der Waals surface area contributed by atoms with Crippen LogP contribution in [0.3, 0.4) is 0 Å². The van der Waals surface area contributed by atoms with Crippen molar-refractivity contribution in [1.82, 2.24) is 0 Å². The van der Waals surface area contributed by atoms with E-state index in [1.54, 1.807) is 6.07 Å². The fourth-order valence-corrected chi connectivity index (χ4v) is 2.00. The summed E-state index contributed by atoms with van der Waals surface area (Å²) in [5.74, 6) is -1.65. The van der Waals surface area contributed by atoms with Crippen LogP contribution in [0, 0.1) is 12.8 Å². The van der Waals surface area contributed by atoms with Crippen LogP contribution in [0.5, 0.6) is 0 Å². The van der Waals surface area contributed by atoms with Gasteiger partial charge in [0.25, 0.3) is 0 Å². The number of carboxylic acid groups (broad SMARTS) is 1. The number of ether oxygens (including phenoxy) is 1. The maximum Gasteiger partial charge on any atom is 0.414 e. The summed E-state index contributed by atoms with van der Waals surface area (Å²) in [6.45, 7) is 1.97. The van der Waals surface area contributed by atoms with Crippen molar-refractivity contribution in [3.05, 3.63) is 28.2 Å². The highest BCUT2D eigenvalue weighted by Gasteiger charge is 2.32. The molecule has 0 aliphatic carbocycles. The van der Waals surface area contributed by atoms with E-state index in [0.29, 0.717) is 5.69 Å². The number of rotatable bonds is 2. The second-order valence-corrected chi connectivity index (χ2v) is 5.01. The number of nitrogens with zero attached hydrogens (tertiary/aromatic N) is 1. The second kappa shape index (κ2) is 4.97. The number of aryl methyl sites for hydroxylation is 1. The van der Waals surface area contributed by atoms with E-state index in [1.807, 2.05) is 19.1 Å². The van der Waals surface area contributed by atoms with Gasteiger partial charge in [0.2, 0.25) is 0 Å². The minimum Gasteiger partial charge on any atom is -0.481 e. The van der Waals surface area contributed by atoms with Gasteiger partial charge in [-0.3, -0.25) is 9.69 Å². The van der Waals surface area contributed by atoms with Gasteiger partial charge >= 0.3 is 12.1 Å². The first-order valence-electron chi connectivity index (χ1n) is 5.42. The number of amides is 1. The highest BCUT2D eigenvalue weighted by Crippen LogP contribution is 2.26. The molecule has 1 saturated heterocycles. The van der Waals surface area contributed by atoms with E-state index in [2.05, 4.69) is 15.9 Å². The van der Waals surface area contributed by atoms with Crippen molar-refractivity contribution < 1.29 is 19.4 Å². The normalized spacial score (nSPS) is 19.6. The van der Waals surface area contributed by atoms with Gasteiger partial charge in [0, 0.05) is 16.7 Å². The summed E-state index contributed by atoms with van der Waals surface area (Å²) in [5.41, 5.74) is 1.62. The largest absolute Gasteiger partial charge is 0.481 e. The molecule has 6 heteroatoms. The highest BCUT2D eigenvalue weighted by molar-refractivity contribution is 9.10. The molecule has 0 bridgehead atoms. The van der Waals surface area contributed by atoms with Gasteiger partial charge in [-0.05, 0) is 30.7 Å². The van der Waals surface area contributed by atoms with Gasteiger partial charge in [-0.25, -0.2) is 4.79 Å². The van der Waals surface area contributed by atoms with Crippen molar-refractivity contribution in [2.75, 3.05) is 18.1 Å². The molecule has 0 radical (unpaired) electrons. The van der Waals surface area contributed by atoms with Gasteiger partial charge in [-0.1, -0.05) is 15.9 Å². The molecule has 1 N–H and O–H groups in total. The molecular weight excluding hydrogens is 302 g/mol. The molecule has 0 aromatic heterocycles. The Morgan fingerprint density at radius 3 is 2.89 bits per heavy atom. The molecule has 1 atom stereocenters. The van der Waals surface area contributed by atoms with Gasteiger partial charge < -0.3 is 9.84 Å². The minimum absolute atomic E-state index is 0.0693. The molecule has 96 valence electrons. The predicted octanol–water partition coefficient (Wildman–Crippen LogP) is 2.41. The predicted molar refractivity (Wildman–Crippen MR) is 68.7 cm³/mol. The fourth-order valence-electron chi connectivity index (χ4n) is 1.75.